The molecule has 1 aliphatic rings. The zero-order chi connectivity index (χ0) is 8.48. The number of aliphatic hydroxyl groups is 2. The van der Waals surface area contributed by atoms with E-state index in [2.05, 4.69) is 5.92 Å². The Hall–Kier alpha value is -0.495. The lowest BCUT2D eigenvalue weighted by Gasteiger charge is -2.23. The summed E-state index contributed by atoms with van der Waals surface area (Å²) in [6.07, 6.45) is 4.48. The van der Waals surface area contributed by atoms with Crippen LogP contribution >= 0.6 is 0 Å². The van der Waals surface area contributed by atoms with Gasteiger partial charge < -0.3 is 14.9 Å². The third-order valence-corrected chi connectivity index (χ3v) is 1.83. The number of rotatable bonds is 1. The van der Waals surface area contributed by atoms with E-state index in [1.807, 2.05) is 0 Å². The Morgan fingerprint density at radius 1 is 1.82 bits per heavy atom. The molecule has 0 aromatic rings. The van der Waals surface area contributed by atoms with E-state index in [0.717, 1.165) is 0 Å². The fraction of sp³-hybridized carbons (Fsp3) is 0.714. The van der Waals surface area contributed by atoms with Gasteiger partial charge in [-0.05, 0) is 6.42 Å². The summed E-state index contributed by atoms with van der Waals surface area (Å²) >= 11 is 0. The zero-order valence-corrected chi connectivity index (χ0v) is 6.03. The minimum Gasteiger partial charge on any atom is -0.392 e. The van der Waals surface area contributed by atoms with Gasteiger partial charge in [0.05, 0.1) is 12.7 Å². The Balaban J connectivity index is 2.78. The van der Waals surface area contributed by atoms with Crippen LogP contribution in [0.4, 0.5) is 0 Å². The topological polar surface area (TPSA) is 49.7 Å². The van der Waals surface area contributed by atoms with Crippen LogP contribution in [0.2, 0.25) is 0 Å². The van der Waals surface area contributed by atoms with Crippen LogP contribution in [0.5, 0.6) is 0 Å². The van der Waals surface area contributed by atoms with E-state index in [4.69, 9.17) is 24.1 Å². The molecule has 1 rings (SSSR count). The maximum absolute atomic E-state index is 9.30. The molecule has 1 heterocycles. The van der Waals surface area contributed by atoms with Crippen molar-refractivity contribution in [1.82, 2.24) is 0 Å². The van der Waals surface area contributed by atoms with Gasteiger partial charge in [0.1, 0.15) is 7.85 Å². The van der Waals surface area contributed by atoms with Crippen LogP contribution in [-0.4, -0.2) is 42.4 Å². The molecule has 0 aromatic heterocycles. The fourth-order valence-corrected chi connectivity index (χ4v) is 1.13. The fourth-order valence-electron chi connectivity index (χ4n) is 1.13. The molecule has 0 aliphatic carbocycles. The number of aliphatic hydroxyl groups excluding tert-OH is 2. The van der Waals surface area contributed by atoms with Crippen molar-refractivity contribution >= 4 is 7.85 Å². The van der Waals surface area contributed by atoms with Gasteiger partial charge in [0.15, 0.2) is 5.60 Å². The van der Waals surface area contributed by atoms with Crippen LogP contribution in [-0.2, 0) is 4.74 Å². The van der Waals surface area contributed by atoms with E-state index in [1.165, 1.54) is 0 Å². The number of hydrogen-bond donors (Lipinski definition) is 2. The van der Waals surface area contributed by atoms with E-state index in [1.54, 1.807) is 0 Å². The van der Waals surface area contributed by atoms with Crippen molar-refractivity contribution in [3.8, 4) is 12.3 Å². The minimum atomic E-state index is -1.28. The van der Waals surface area contributed by atoms with E-state index < -0.39 is 24.3 Å². The molecule has 0 aromatic carbocycles. The molecule has 0 amide bonds. The van der Waals surface area contributed by atoms with Crippen molar-refractivity contribution in [3.05, 3.63) is 0 Å². The maximum Gasteiger partial charge on any atom is 0.176 e. The lowest BCUT2D eigenvalue weighted by atomic mass is 9.93. The second kappa shape index (κ2) is 2.86. The molecule has 3 nitrogen and oxygen atoms in total. The molecule has 0 bridgehead atoms. The Morgan fingerprint density at radius 2 is 2.45 bits per heavy atom. The molecular weight excluding hydrogens is 143 g/mol. The Labute approximate surface area is 66.8 Å². The number of terminal acetylenes is 1. The Bertz CT molecular complexity index is 189. The van der Waals surface area contributed by atoms with Crippen LogP contribution in [0.3, 0.4) is 0 Å². The summed E-state index contributed by atoms with van der Waals surface area (Å²) in [5.41, 5.74) is -1.28. The van der Waals surface area contributed by atoms with Gasteiger partial charge >= 0.3 is 0 Å². The predicted octanol–water partition coefficient (Wildman–Crippen LogP) is -1.37. The van der Waals surface area contributed by atoms with Gasteiger partial charge in [0, 0.05) is 6.00 Å². The van der Waals surface area contributed by atoms with E-state index in [9.17, 15) is 5.11 Å². The molecule has 3 atom stereocenters. The SMILES string of the molecule is [B][C@H]1C[C@H](O)[C@@](C#C)(CO)O1. The first-order chi connectivity index (χ1) is 5.14. The molecule has 0 unspecified atom stereocenters. The van der Waals surface area contributed by atoms with Gasteiger partial charge in [-0.3, -0.25) is 0 Å². The van der Waals surface area contributed by atoms with Crippen molar-refractivity contribution in [3.63, 3.8) is 0 Å². The summed E-state index contributed by atoms with van der Waals surface area (Å²) < 4.78 is 5.00. The monoisotopic (exact) mass is 152 g/mol. The second-order valence-electron chi connectivity index (χ2n) is 2.60. The molecule has 4 heteroatoms. The first kappa shape index (κ1) is 8.60. The van der Waals surface area contributed by atoms with Gasteiger partial charge in [0.2, 0.25) is 0 Å². The first-order valence-corrected chi connectivity index (χ1v) is 3.34. The highest BCUT2D eigenvalue weighted by Gasteiger charge is 2.44. The van der Waals surface area contributed by atoms with Crippen LogP contribution in [0, 0.1) is 12.3 Å². The summed E-state index contributed by atoms with van der Waals surface area (Å²) in [6.45, 7) is -0.404. The van der Waals surface area contributed by atoms with Gasteiger partial charge in [-0.2, -0.15) is 0 Å². The van der Waals surface area contributed by atoms with E-state index in [-0.39, 0.29) is 6.42 Å². The van der Waals surface area contributed by atoms with Gasteiger partial charge in [-0.25, -0.2) is 0 Å². The highest BCUT2D eigenvalue weighted by molar-refractivity contribution is 6.11. The molecule has 1 aliphatic heterocycles. The zero-order valence-electron chi connectivity index (χ0n) is 6.03. The predicted molar refractivity (Wildman–Crippen MR) is 39.9 cm³/mol. The molecule has 1 fully saturated rings. The molecule has 0 spiro atoms. The van der Waals surface area contributed by atoms with Crippen LogP contribution in [0.25, 0.3) is 0 Å². The largest absolute Gasteiger partial charge is 0.392 e. The van der Waals surface area contributed by atoms with Gasteiger partial charge in [0.25, 0.3) is 0 Å². The van der Waals surface area contributed by atoms with E-state index >= 15 is 0 Å². The summed E-state index contributed by atoms with van der Waals surface area (Å²) in [4.78, 5) is 0. The van der Waals surface area contributed by atoms with Crippen molar-refractivity contribution in [1.29, 1.82) is 0 Å². The van der Waals surface area contributed by atoms with E-state index in [0.29, 0.717) is 0 Å². The third-order valence-electron chi connectivity index (χ3n) is 1.83. The van der Waals surface area contributed by atoms with Crippen LogP contribution in [0.1, 0.15) is 6.42 Å². The average molecular weight is 152 g/mol. The standard InChI is InChI=1S/C7H9BO3/c1-2-7(4-9)5(10)3-6(8)11-7/h1,5-6,9-10H,3-4H2/t5-,6+,7+/m0/s1. The second-order valence-corrected chi connectivity index (χ2v) is 2.60. The summed E-state index contributed by atoms with van der Waals surface area (Å²) in [5.74, 6) is 2.21. The Morgan fingerprint density at radius 3 is 2.64 bits per heavy atom. The molecular formula is C7H9BO3. The van der Waals surface area contributed by atoms with Crippen molar-refractivity contribution in [2.45, 2.75) is 24.1 Å². The van der Waals surface area contributed by atoms with Gasteiger partial charge in [-0.15, -0.1) is 6.42 Å². The maximum atomic E-state index is 9.30. The smallest absolute Gasteiger partial charge is 0.176 e. The number of hydrogen-bond acceptors (Lipinski definition) is 3. The number of ether oxygens (including phenoxy) is 1. The molecule has 0 saturated carbocycles. The van der Waals surface area contributed by atoms with Crippen LogP contribution < -0.4 is 0 Å². The lowest BCUT2D eigenvalue weighted by molar-refractivity contribution is -0.0555. The molecule has 58 valence electrons. The third kappa shape index (κ3) is 1.27. The summed E-state index contributed by atoms with van der Waals surface area (Å²) in [7, 11) is 5.36. The normalized spacial score (nSPS) is 43.7. The summed E-state index contributed by atoms with van der Waals surface area (Å²) in [6, 6.07) is -0.576. The summed E-state index contributed by atoms with van der Waals surface area (Å²) in [5, 5.41) is 18.1. The lowest BCUT2D eigenvalue weighted by Crippen LogP contribution is -2.41. The van der Waals surface area contributed by atoms with Gasteiger partial charge in [-0.1, -0.05) is 5.92 Å². The Kier molecular flexibility index (Phi) is 2.24. The molecule has 2 N–H and O–H groups in total. The van der Waals surface area contributed by atoms with Crippen molar-refractivity contribution < 1.29 is 14.9 Å². The van der Waals surface area contributed by atoms with Crippen molar-refractivity contribution in [2.75, 3.05) is 6.61 Å². The molecule has 1 saturated heterocycles. The highest BCUT2D eigenvalue weighted by Crippen LogP contribution is 2.28. The van der Waals surface area contributed by atoms with Crippen molar-refractivity contribution in [2.24, 2.45) is 0 Å². The highest BCUT2D eigenvalue weighted by atomic mass is 16.5. The quantitative estimate of drug-likeness (QED) is 0.360. The average Bonchev–Trinajstić information content (AvgIpc) is 2.27. The van der Waals surface area contributed by atoms with Crippen LogP contribution in [0.15, 0.2) is 0 Å². The molecule has 11 heavy (non-hydrogen) atoms. The first-order valence-electron chi connectivity index (χ1n) is 3.34. The molecule has 2 radical (unpaired) electrons. The minimum absolute atomic E-state index is 0.269.